The molecule has 0 aliphatic carbocycles. The number of nitrogens with one attached hydrogen (secondary N) is 2. The van der Waals surface area contributed by atoms with Gasteiger partial charge in [0.1, 0.15) is 18.5 Å². The number of halogens is 1. The molecule has 0 spiro atoms. The van der Waals surface area contributed by atoms with Crippen molar-refractivity contribution in [2.24, 2.45) is 0 Å². The third-order valence-electron chi connectivity index (χ3n) is 5.45. The van der Waals surface area contributed by atoms with Crippen LogP contribution in [0.3, 0.4) is 0 Å². The highest BCUT2D eigenvalue weighted by Crippen LogP contribution is 2.20. The van der Waals surface area contributed by atoms with Crippen molar-refractivity contribution in [1.29, 1.82) is 0 Å². The molecule has 0 radical (unpaired) electrons. The van der Waals surface area contributed by atoms with Crippen molar-refractivity contribution in [3.63, 3.8) is 0 Å². The van der Waals surface area contributed by atoms with Gasteiger partial charge in [-0.05, 0) is 55.3 Å². The number of H-pyrrole nitrogens is 1. The van der Waals surface area contributed by atoms with E-state index in [1.54, 1.807) is 36.4 Å². The van der Waals surface area contributed by atoms with E-state index in [9.17, 15) is 28.7 Å². The molecular formula is C24H25FN4O6. The Balaban J connectivity index is 1.73. The number of aromatic nitrogens is 2. The Morgan fingerprint density at radius 2 is 1.86 bits per heavy atom. The summed E-state index contributed by atoms with van der Waals surface area (Å²) in [6.45, 7) is 2.17. The number of benzene rings is 2. The lowest BCUT2D eigenvalue weighted by Gasteiger charge is -2.23. The molecule has 0 unspecified atom stereocenters. The minimum atomic E-state index is -1.31. The fraction of sp³-hybridized carbons (Fsp3) is 0.292. The highest BCUT2D eigenvalue weighted by molar-refractivity contribution is 5.97. The van der Waals surface area contributed by atoms with Gasteiger partial charge in [-0.3, -0.25) is 14.4 Å². The number of hydrogen-bond donors (Lipinski definition) is 4. The molecule has 184 valence electrons. The SMILES string of the molecule is CCN(Cc1ccc2nc(CF)[nH]c(=O)c2c1)c1ccc(C(=O)N[C@@H](CCC(=O)O)C(=O)O)cc1. The molecule has 0 bridgehead atoms. The Labute approximate surface area is 199 Å². The van der Waals surface area contributed by atoms with E-state index in [0.717, 1.165) is 11.3 Å². The van der Waals surface area contributed by atoms with Crippen molar-refractivity contribution in [3.05, 3.63) is 69.8 Å². The van der Waals surface area contributed by atoms with Crippen molar-refractivity contribution in [3.8, 4) is 0 Å². The first-order chi connectivity index (χ1) is 16.7. The third-order valence-corrected chi connectivity index (χ3v) is 5.45. The van der Waals surface area contributed by atoms with Crippen LogP contribution in [0.1, 0.15) is 41.5 Å². The molecular weight excluding hydrogens is 459 g/mol. The van der Waals surface area contributed by atoms with Gasteiger partial charge in [0, 0.05) is 30.8 Å². The van der Waals surface area contributed by atoms with Gasteiger partial charge in [-0.15, -0.1) is 0 Å². The van der Waals surface area contributed by atoms with E-state index in [0.29, 0.717) is 24.0 Å². The first kappa shape index (κ1) is 25.3. The minimum Gasteiger partial charge on any atom is -0.481 e. The molecule has 35 heavy (non-hydrogen) atoms. The average molecular weight is 484 g/mol. The number of alkyl halides is 1. The molecule has 3 aromatic rings. The van der Waals surface area contributed by atoms with Crippen LogP contribution in [0.5, 0.6) is 0 Å². The standard InChI is InChI=1S/C24H25FN4O6/c1-2-29(13-14-3-8-18-17(11-14)23(33)28-20(12-25)26-18)16-6-4-15(5-7-16)22(32)27-19(24(34)35)9-10-21(30)31/h3-8,11,19H,2,9-10,12-13H2,1H3,(H,27,32)(H,30,31)(H,34,35)(H,26,28,33)/t19-/m0/s1. The Morgan fingerprint density at radius 1 is 1.14 bits per heavy atom. The van der Waals surface area contributed by atoms with E-state index in [1.807, 2.05) is 17.9 Å². The highest BCUT2D eigenvalue weighted by atomic mass is 19.1. The van der Waals surface area contributed by atoms with E-state index in [1.165, 1.54) is 0 Å². The van der Waals surface area contributed by atoms with Crippen LogP contribution in [-0.4, -0.2) is 50.6 Å². The first-order valence-corrected chi connectivity index (χ1v) is 10.9. The van der Waals surface area contributed by atoms with E-state index in [-0.39, 0.29) is 24.2 Å². The number of carboxylic acid groups (broad SMARTS) is 2. The van der Waals surface area contributed by atoms with Crippen LogP contribution in [0.25, 0.3) is 10.9 Å². The number of nitrogens with zero attached hydrogens (tertiary/aromatic N) is 2. The molecule has 2 aromatic carbocycles. The van der Waals surface area contributed by atoms with Crippen LogP contribution in [0.2, 0.25) is 0 Å². The Kier molecular flexibility index (Phi) is 8.13. The second-order valence-corrected chi connectivity index (χ2v) is 7.86. The maximum absolute atomic E-state index is 12.8. The molecule has 1 amide bonds. The number of anilines is 1. The number of amides is 1. The van der Waals surface area contributed by atoms with Gasteiger partial charge in [0.25, 0.3) is 11.5 Å². The highest BCUT2D eigenvalue weighted by Gasteiger charge is 2.21. The number of aromatic amines is 1. The molecule has 10 nitrogen and oxygen atoms in total. The van der Waals surface area contributed by atoms with Crippen LogP contribution in [0.4, 0.5) is 10.1 Å². The van der Waals surface area contributed by atoms with E-state index >= 15 is 0 Å². The lowest BCUT2D eigenvalue weighted by Crippen LogP contribution is -2.41. The van der Waals surface area contributed by atoms with Gasteiger partial charge in [-0.1, -0.05) is 6.07 Å². The molecule has 4 N–H and O–H groups in total. The molecule has 1 atom stereocenters. The second kappa shape index (κ2) is 11.2. The van der Waals surface area contributed by atoms with Gasteiger partial charge in [0.2, 0.25) is 0 Å². The summed E-state index contributed by atoms with van der Waals surface area (Å²) in [6.07, 6.45) is -0.604. The molecule has 0 saturated carbocycles. The molecule has 3 rings (SSSR count). The van der Waals surface area contributed by atoms with Gasteiger partial charge in [-0.25, -0.2) is 14.2 Å². The smallest absolute Gasteiger partial charge is 0.326 e. The summed E-state index contributed by atoms with van der Waals surface area (Å²) in [7, 11) is 0. The van der Waals surface area contributed by atoms with Crippen LogP contribution < -0.4 is 15.8 Å². The van der Waals surface area contributed by atoms with Crippen molar-refractivity contribution in [1.82, 2.24) is 15.3 Å². The normalized spacial score (nSPS) is 11.7. The first-order valence-electron chi connectivity index (χ1n) is 10.9. The summed E-state index contributed by atoms with van der Waals surface area (Å²) in [5, 5.41) is 20.7. The van der Waals surface area contributed by atoms with Gasteiger partial charge in [-0.2, -0.15) is 0 Å². The quantitative estimate of drug-likeness (QED) is 0.324. The number of carbonyl (C=O) groups excluding carboxylic acids is 1. The van der Waals surface area contributed by atoms with Crippen molar-refractivity contribution < 1.29 is 29.0 Å². The summed E-state index contributed by atoms with van der Waals surface area (Å²) in [6, 6.07) is 10.4. The third kappa shape index (κ3) is 6.40. The molecule has 0 aliphatic heterocycles. The molecule has 1 heterocycles. The van der Waals surface area contributed by atoms with Crippen molar-refractivity contribution in [2.75, 3.05) is 11.4 Å². The Hall–Kier alpha value is -4.28. The van der Waals surface area contributed by atoms with Crippen LogP contribution in [0, 0.1) is 0 Å². The van der Waals surface area contributed by atoms with Gasteiger partial charge < -0.3 is 25.4 Å². The fourth-order valence-electron chi connectivity index (χ4n) is 3.59. The zero-order chi connectivity index (χ0) is 25.5. The summed E-state index contributed by atoms with van der Waals surface area (Å²) < 4.78 is 12.8. The van der Waals surface area contributed by atoms with E-state index in [4.69, 9.17) is 5.11 Å². The number of fused-ring (bicyclic) bond motifs is 1. The number of carbonyl (C=O) groups is 3. The zero-order valence-corrected chi connectivity index (χ0v) is 19.0. The topological polar surface area (TPSA) is 153 Å². The predicted octanol–water partition coefficient (Wildman–Crippen LogP) is 2.47. The van der Waals surface area contributed by atoms with Crippen LogP contribution >= 0.6 is 0 Å². The van der Waals surface area contributed by atoms with E-state index < -0.39 is 36.1 Å². The van der Waals surface area contributed by atoms with Crippen LogP contribution in [0.15, 0.2) is 47.3 Å². The number of rotatable bonds is 11. The number of aliphatic carboxylic acids is 2. The summed E-state index contributed by atoms with van der Waals surface area (Å²) in [4.78, 5) is 55.2. The number of hydrogen-bond acceptors (Lipinski definition) is 6. The monoisotopic (exact) mass is 484 g/mol. The summed E-state index contributed by atoms with van der Waals surface area (Å²) >= 11 is 0. The van der Waals surface area contributed by atoms with Crippen molar-refractivity contribution in [2.45, 2.75) is 39.0 Å². The van der Waals surface area contributed by atoms with Gasteiger partial charge in [0.05, 0.1) is 10.9 Å². The number of carboxylic acids is 2. The minimum absolute atomic E-state index is 0.0221. The average Bonchev–Trinajstić information content (AvgIpc) is 2.84. The van der Waals surface area contributed by atoms with Gasteiger partial charge in [0.15, 0.2) is 0 Å². The summed E-state index contributed by atoms with van der Waals surface area (Å²) in [5.41, 5.74) is 1.87. The molecule has 1 aromatic heterocycles. The van der Waals surface area contributed by atoms with Gasteiger partial charge >= 0.3 is 11.9 Å². The summed E-state index contributed by atoms with van der Waals surface area (Å²) in [5.74, 6) is -3.09. The Morgan fingerprint density at radius 3 is 2.46 bits per heavy atom. The van der Waals surface area contributed by atoms with Crippen LogP contribution in [-0.2, 0) is 22.8 Å². The Bertz CT molecular complexity index is 1290. The zero-order valence-electron chi connectivity index (χ0n) is 19.0. The largest absolute Gasteiger partial charge is 0.481 e. The lowest BCUT2D eigenvalue weighted by atomic mass is 10.1. The molecule has 0 aliphatic rings. The lowest BCUT2D eigenvalue weighted by molar-refractivity contribution is -0.140. The fourth-order valence-corrected chi connectivity index (χ4v) is 3.59. The van der Waals surface area contributed by atoms with E-state index in [2.05, 4.69) is 15.3 Å². The molecule has 11 heteroatoms. The maximum Gasteiger partial charge on any atom is 0.326 e. The predicted molar refractivity (Wildman–Crippen MR) is 126 cm³/mol. The second-order valence-electron chi connectivity index (χ2n) is 7.86. The molecule has 0 fully saturated rings. The maximum atomic E-state index is 12.8. The molecule has 0 saturated heterocycles. The van der Waals surface area contributed by atoms with Crippen molar-refractivity contribution >= 4 is 34.4 Å².